The van der Waals surface area contributed by atoms with Crippen molar-refractivity contribution in [3.8, 4) is 5.75 Å². The van der Waals surface area contributed by atoms with Crippen LogP contribution in [0.4, 0.5) is 0 Å². The SMILES string of the molecule is COC(=O)c1ccc2c(c1)[C@H]1CC(C(=O)O)Cc3c(OC)cccc3C1=C2C1CCCCC1. The maximum atomic E-state index is 12.3. The lowest BCUT2D eigenvalue weighted by atomic mass is 9.79. The van der Waals surface area contributed by atoms with Gasteiger partial charge in [-0.15, -0.1) is 0 Å². The highest BCUT2D eigenvalue weighted by atomic mass is 16.5. The molecule has 2 aromatic rings. The molecule has 1 N–H and O–H groups in total. The van der Waals surface area contributed by atoms with E-state index in [2.05, 4.69) is 12.1 Å². The lowest BCUT2D eigenvalue weighted by Gasteiger charge is -2.26. The Bertz CT molecular complexity index is 1140. The van der Waals surface area contributed by atoms with Crippen LogP contribution in [0.2, 0.25) is 0 Å². The Morgan fingerprint density at radius 1 is 0.970 bits per heavy atom. The number of esters is 1. The molecule has 0 bridgehead atoms. The van der Waals surface area contributed by atoms with Crippen LogP contribution in [0.3, 0.4) is 0 Å². The normalized spacial score (nSPS) is 22.1. The molecule has 1 unspecified atom stereocenters. The fourth-order valence-electron chi connectivity index (χ4n) is 6.26. The Labute approximate surface area is 194 Å². The summed E-state index contributed by atoms with van der Waals surface area (Å²) < 4.78 is 10.7. The number of benzene rings is 2. The van der Waals surface area contributed by atoms with E-state index in [1.807, 2.05) is 24.3 Å². The fourth-order valence-corrected chi connectivity index (χ4v) is 6.26. The molecular formula is C28H30O5. The summed E-state index contributed by atoms with van der Waals surface area (Å²) in [6.45, 7) is 0. The molecule has 172 valence electrons. The van der Waals surface area contributed by atoms with Gasteiger partial charge in [0.2, 0.25) is 0 Å². The molecule has 0 amide bonds. The minimum atomic E-state index is -0.787. The number of ether oxygens (including phenoxy) is 2. The van der Waals surface area contributed by atoms with Gasteiger partial charge in [0.1, 0.15) is 5.75 Å². The van der Waals surface area contributed by atoms with Crippen molar-refractivity contribution in [2.75, 3.05) is 14.2 Å². The summed E-state index contributed by atoms with van der Waals surface area (Å²) in [6.07, 6.45) is 6.93. The van der Waals surface area contributed by atoms with E-state index in [0.717, 1.165) is 35.3 Å². The molecular weight excluding hydrogens is 416 g/mol. The number of methoxy groups -OCH3 is 2. The lowest BCUT2D eigenvalue weighted by molar-refractivity contribution is -0.141. The third-order valence-electron chi connectivity index (χ3n) is 7.75. The van der Waals surface area contributed by atoms with E-state index in [-0.39, 0.29) is 11.9 Å². The van der Waals surface area contributed by atoms with Crippen molar-refractivity contribution in [2.24, 2.45) is 11.8 Å². The molecule has 0 saturated heterocycles. The molecule has 2 atom stereocenters. The van der Waals surface area contributed by atoms with Gasteiger partial charge in [-0.3, -0.25) is 4.79 Å². The van der Waals surface area contributed by atoms with Gasteiger partial charge in [-0.05, 0) is 77.6 Å². The molecule has 3 aliphatic carbocycles. The number of hydrogen-bond donors (Lipinski definition) is 1. The summed E-state index contributed by atoms with van der Waals surface area (Å²) in [5.41, 5.74) is 7.45. The third-order valence-corrected chi connectivity index (χ3v) is 7.75. The molecule has 0 radical (unpaired) electrons. The predicted octanol–water partition coefficient (Wildman–Crippen LogP) is 5.72. The van der Waals surface area contributed by atoms with Crippen molar-refractivity contribution in [2.45, 2.75) is 50.9 Å². The van der Waals surface area contributed by atoms with Crippen LogP contribution in [-0.4, -0.2) is 31.3 Å². The van der Waals surface area contributed by atoms with Gasteiger partial charge in [-0.2, -0.15) is 0 Å². The number of allylic oxidation sites excluding steroid dienone is 2. The first-order chi connectivity index (χ1) is 16.0. The minimum absolute atomic E-state index is 0.0593. The summed E-state index contributed by atoms with van der Waals surface area (Å²) in [5, 5.41) is 10.1. The van der Waals surface area contributed by atoms with E-state index < -0.39 is 11.9 Å². The van der Waals surface area contributed by atoms with E-state index in [4.69, 9.17) is 9.47 Å². The number of hydrogen-bond acceptors (Lipinski definition) is 4. The molecule has 1 saturated carbocycles. The lowest BCUT2D eigenvalue weighted by Crippen LogP contribution is -2.18. The maximum Gasteiger partial charge on any atom is 0.337 e. The summed E-state index contributed by atoms with van der Waals surface area (Å²) >= 11 is 0. The molecule has 5 nitrogen and oxygen atoms in total. The summed E-state index contributed by atoms with van der Waals surface area (Å²) in [4.78, 5) is 24.6. The highest BCUT2D eigenvalue weighted by Gasteiger charge is 2.42. The van der Waals surface area contributed by atoms with Crippen LogP contribution < -0.4 is 4.74 Å². The molecule has 1 fully saturated rings. The first-order valence-corrected chi connectivity index (χ1v) is 11.9. The zero-order valence-electron chi connectivity index (χ0n) is 19.2. The van der Waals surface area contributed by atoms with Gasteiger partial charge < -0.3 is 14.6 Å². The third kappa shape index (κ3) is 3.64. The average Bonchev–Trinajstić information content (AvgIpc) is 3.05. The van der Waals surface area contributed by atoms with Crippen LogP contribution in [-0.2, 0) is 16.0 Å². The quantitative estimate of drug-likeness (QED) is 0.609. The largest absolute Gasteiger partial charge is 0.496 e. The Kier molecular flexibility index (Phi) is 5.73. The number of carboxylic acid groups (broad SMARTS) is 1. The van der Waals surface area contributed by atoms with Gasteiger partial charge in [0, 0.05) is 11.5 Å². The molecule has 0 spiro atoms. The average molecular weight is 447 g/mol. The highest BCUT2D eigenvalue weighted by Crippen LogP contribution is 2.57. The zero-order valence-corrected chi connectivity index (χ0v) is 19.2. The number of rotatable bonds is 4. The Balaban J connectivity index is 1.77. The number of carboxylic acids is 1. The summed E-state index contributed by atoms with van der Waals surface area (Å²) in [6, 6.07) is 11.9. The van der Waals surface area contributed by atoms with Gasteiger partial charge >= 0.3 is 11.9 Å². The second-order valence-electron chi connectivity index (χ2n) is 9.47. The standard InChI is InChI=1S/C28H30O5/c1-32-24-10-6-9-19-22(24)14-18(27(29)30)15-23-21-13-17(28(31)33-2)11-12-20(21)25(26(19)23)16-7-4-3-5-8-16/h6,9-13,16,18,23H,3-5,7-8,14-15H2,1-2H3,(H,29,30)/t18?,23-/m1/s1. The van der Waals surface area contributed by atoms with Crippen LogP contribution in [0.5, 0.6) is 5.75 Å². The summed E-state index contributed by atoms with van der Waals surface area (Å²) in [7, 11) is 3.04. The van der Waals surface area contributed by atoms with Crippen LogP contribution in [0.25, 0.3) is 11.1 Å². The van der Waals surface area contributed by atoms with Crippen molar-refractivity contribution in [3.05, 3.63) is 64.2 Å². The van der Waals surface area contributed by atoms with Crippen LogP contribution in [0.15, 0.2) is 36.4 Å². The molecule has 33 heavy (non-hydrogen) atoms. The molecule has 0 aromatic heterocycles. The van der Waals surface area contributed by atoms with Gasteiger partial charge in [-0.25, -0.2) is 4.79 Å². The van der Waals surface area contributed by atoms with Crippen molar-refractivity contribution >= 4 is 23.1 Å². The minimum Gasteiger partial charge on any atom is -0.496 e. The van der Waals surface area contributed by atoms with Crippen LogP contribution >= 0.6 is 0 Å². The maximum absolute atomic E-state index is 12.3. The van der Waals surface area contributed by atoms with E-state index in [1.165, 1.54) is 43.1 Å². The fraction of sp³-hybridized carbons (Fsp3) is 0.429. The topological polar surface area (TPSA) is 72.8 Å². The monoisotopic (exact) mass is 446 g/mol. The number of aliphatic carboxylic acids is 1. The first kappa shape index (κ1) is 21.7. The molecule has 0 heterocycles. The number of fused-ring (bicyclic) bond motifs is 5. The Morgan fingerprint density at radius 3 is 2.45 bits per heavy atom. The van der Waals surface area contributed by atoms with Crippen LogP contribution in [0, 0.1) is 11.8 Å². The van der Waals surface area contributed by atoms with E-state index in [0.29, 0.717) is 24.3 Å². The second-order valence-corrected chi connectivity index (χ2v) is 9.47. The molecule has 3 aliphatic rings. The zero-order chi connectivity index (χ0) is 23.1. The first-order valence-electron chi connectivity index (χ1n) is 11.9. The van der Waals surface area contributed by atoms with Crippen molar-refractivity contribution in [1.82, 2.24) is 0 Å². The smallest absolute Gasteiger partial charge is 0.337 e. The summed E-state index contributed by atoms with van der Waals surface area (Å²) in [5.74, 6) is -0.539. The van der Waals surface area contributed by atoms with Gasteiger partial charge in [0.25, 0.3) is 0 Å². The van der Waals surface area contributed by atoms with Gasteiger partial charge in [-0.1, -0.05) is 37.5 Å². The highest BCUT2D eigenvalue weighted by molar-refractivity contribution is 6.03. The molecule has 5 heteroatoms. The molecule has 2 aromatic carbocycles. The van der Waals surface area contributed by atoms with Gasteiger partial charge in [0.15, 0.2) is 0 Å². The van der Waals surface area contributed by atoms with Crippen LogP contribution in [0.1, 0.15) is 77.1 Å². The van der Waals surface area contributed by atoms with Crippen molar-refractivity contribution in [3.63, 3.8) is 0 Å². The number of carbonyl (C=O) groups is 2. The van der Waals surface area contributed by atoms with Crippen molar-refractivity contribution in [1.29, 1.82) is 0 Å². The van der Waals surface area contributed by atoms with Crippen molar-refractivity contribution < 1.29 is 24.2 Å². The van der Waals surface area contributed by atoms with E-state index in [9.17, 15) is 14.7 Å². The van der Waals surface area contributed by atoms with E-state index in [1.54, 1.807) is 7.11 Å². The predicted molar refractivity (Wildman–Crippen MR) is 126 cm³/mol. The van der Waals surface area contributed by atoms with E-state index >= 15 is 0 Å². The Hall–Kier alpha value is -3.08. The van der Waals surface area contributed by atoms with Gasteiger partial charge in [0.05, 0.1) is 25.7 Å². The second kappa shape index (κ2) is 8.69. The Morgan fingerprint density at radius 2 is 1.76 bits per heavy atom. The number of carbonyl (C=O) groups excluding carboxylic acids is 1. The molecule has 5 rings (SSSR count). The molecule has 0 aliphatic heterocycles.